The second-order valence-corrected chi connectivity index (χ2v) is 7.66. The van der Waals surface area contributed by atoms with Gasteiger partial charge >= 0.3 is 0 Å². The second kappa shape index (κ2) is 7.72. The van der Waals surface area contributed by atoms with Crippen LogP contribution in [-0.2, 0) is 17.9 Å². The Morgan fingerprint density at radius 1 is 0.966 bits per heavy atom. The number of pyridine rings is 1. The molecule has 2 aliphatic heterocycles. The van der Waals surface area contributed by atoms with Gasteiger partial charge in [-0.05, 0) is 37.6 Å². The van der Waals surface area contributed by atoms with Crippen LogP contribution in [0, 0.1) is 0 Å². The number of fused-ring (bicyclic) bond motifs is 1. The van der Waals surface area contributed by atoms with E-state index < -0.39 is 0 Å². The summed E-state index contributed by atoms with van der Waals surface area (Å²) in [5.74, 6) is 0.834. The van der Waals surface area contributed by atoms with Crippen molar-refractivity contribution < 1.29 is 4.79 Å². The normalized spacial score (nSPS) is 17.3. The molecular formula is C23H23N5O. The van der Waals surface area contributed by atoms with Gasteiger partial charge in [-0.2, -0.15) is 0 Å². The molecule has 0 saturated carbocycles. The molecule has 6 heteroatoms. The van der Waals surface area contributed by atoms with Gasteiger partial charge in [0.2, 0.25) is 5.91 Å². The van der Waals surface area contributed by atoms with Crippen LogP contribution in [0.2, 0.25) is 0 Å². The first-order chi connectivity index (χ1) is 14.3. The fourth-order valence-corrected chi connectivity index (χ4v) is 4.26. The Morgan fingerprint density at radius 2 is 1.79 bits per heavy atom. The molecule has 5 rings (SSSR count). The van der Waals surface area contributed by atoms with Crippen molar-refractivity contribution in [3.8, 4) is 11.4 Å². The van der Waals surface area contributed by atoms with Crippen LogP contribution in [0.4, 0.5) is 0 Å². The van der Waals surface area contributed by atoms with Crippen LogP contribution in [0.5, 0.6) is 0 Å². The van der Waals surface area contributed by atoms with Crippen LogP contribution in [0.1, 0.15) is 35.7 Å². The van der Waals surface area contributed by atoms with E-state index >= 15 is 0 Å². The molecule has 0 bridgehead atoms. The van der Waals surface area contributed by atoms with Crippen LogP contribution < -0.4 is 0 Å². The van der Waals surface area contributed by atoms with Gasteiger partial charge in [0.1, 0.15) is 6.04 Å². The number of rotatable bonds is 4. The first-order valence-electron chi connectivity index (χ1n) is 10.1. The standard InChI is InChI=1S/C23H23N5O/c29-23(21(27-11-4-5-12-27)18-9-6-10-24-13-18)28-15-19-14-25-22(26-20(19)16-28)17-7-2-1-3-8-17/h1-3,6-10,13-14,21H,4-5,11-12,15-16H2/t21-/m0/s1. The number of aromatic nitrogens is 3. The van der Waals surface area contributed by atoms with Crippen LogP contribution in [-0.4, -0.2) is 43.7 Å². The van der Waals surface area contributed by atoms with E-state index in [9.17, 15) is 4.79 Å². The predicted molar refractivity (Wildman–Crippen MR) is 110 cm³/mol. The zero-order valence-corrected chi connectivity index (χ0v) is 16.2. The molecule has 29 heavy (non-hydrogen) atoms. The van der Waals surface area contributed by atoms with E-state index in [1.807, 2.05) is 59.8 Å². The van der Waals surface area contributed by atoms with Crippen LogP contribution >= 0.6 is 0 Å². The van der Waals surface area contributed by atoms with Gasteiger partial charge in [0.15, 0.2) is 5.82 Å². The number of hydrogen-bond donors (Lipinski definition) is 0. The average Bonchev–Trinajstić information content (AvgIpc) is 3.45. The minimum atomic E-state index is -0.276. The largest absolute Gasteiger partial charge is 0.331 e. The van der Waals surface area contributed by atoms with E-state index in [0.29, 0.717) is 18.9 Å². The Morgan fingerprint density at radius 3 is 2.55 bits per heavy atom. The summed E-state index contributed by atoms with van der Waals surface area (Å²) in [4.78, 5) is 31.3. The maximum absolute atomic E-state index is 13.6. The fraction of sp³-hybridized carbons (Fsp3) is 0.304. The highest BCUT2D eigenvalue weighted by Gasteiger charge is 2.35. The average molecular weight is 385 g/mol. The predicted octanol–water partition coefficient (Wildman–Crippen LogP) is 3.22. The van der Waals surface area contributed by atoms with Gasteiger partial charge < -0.3 is 4.90 Å². The van der Waals surface area contributed by atoms with Gasteiger partial charge in [0.25, 0.3) is 0 Å². The molecule has 0 spiro atoms. The molecule has 0 aliphatic carbocycles. The lowest BCUT2D eigenvalue weighted by Gasteiger charge is -2.30. The summed E-state index contributed by atoms with van der Waals surface area (Å²) in [6.45, 7) is 2.99. The summed E-state index contributed by atoms with van der Waals surface area (Å²) in [7, 11) is 0. The maximum atomic E-state index is 13.6. The van der Waals surface area contributed by atoms with Gasteiger partial charge in [0, 0.05) is 36.3 Å². The van der Waals surface area contributed by atoms with E-state index in [4.69, 9.17) is 4.98 Å². The smallest absolute Gasteiger partial charge is 0.245 e. The lowest BCUT2D eigenvalue weighted by Crippen LogP contribution is -2.40. The zero-order chi connectivity index (χ0) is 19.6. The zero-order valence-electron chi connectivity index (χ0n) is 16.2. The molecule has 1 atom stereocenters. The van der Waals surface area contributed by atoms with E-state index in [1.165, 1.54) is 0 Å². The number of carbonyl (C=O) groups is 1. The summed E-state index contributed by atoms with van der Waals surface area (Å²) >= 11 is 0. The molecular weight excluding hydrogens is 362 g/mol. The van der Waals surface area contributed by atoms with Gasteiger partial charge in [-0.1, -0.05) is 36.4 Å². The Bertz CT molecular complexity index is 1000. The van der Waals surface area contributed by atoms with Crippen molar-refractivity contribution in [3.63, 3.8) is 0 Å². The summed E-state index contributed by atoms with van der Waals surface area (Å²) in [5, 5.41) is 0. The number of amides is 1. The van der Waals surface area contributed by atoms with Crippen molar-refractivity contribution in [2.24, 2.45) is 0 Å². The molecule has 2 aliphatic rings. The molecule has 0 unspecified atom stereocenters. The first-order valence-corrected chi connectivity index (χ1v) is 10.1. The van der Waals surface area contributed by atoms with E-state index in [1.54, 1.807) is 6.20 Å². The van der Waals surface area contributed by atoms with Gasteiger partial charge in [-0.25, -0.2) is 9.97 Å². The summed E-state index contributed by atoms with van der Waals surface area (Å²) < 4.78 is 0. The highest BCUT2D eigenvalue weighted by Crippen LogP contribution is 2.31. The van der Waals surface area contributed by atoms with Crippen LogP contribution in [0.25, 0.3) is 11.4 Å². The lowest BCUT2D eigenvalue weighted by atomic mass is 10.1. The summed E-state index contributed by atoms with van der Waals surface area (Å²) in [6, 6.07) is 13.6. The topological polar surface area (TPSA) is 62.2 Å². The monoisotopic (exact) mass is 385 g/mol. The number of hydrogen-bond acceptors (Lipinski definition) is 5. The Hall–Kier alpha value is -3.12. The summed E-state index contributed by atoms with van der Waals surface area (Å²) in [5.41, 5.74) is 3.93. The molecule has 2 aromatic heterocycles. The Labute approximate surface area is 170 Å². The van der Waals surface area contributed by atoms with E-state index in [2.05, 4.69) is 14.9 Å². The molecule has 4 heterocycles. The molecule has 1 fully saturated rings. The third-order valence-corrected chi connectivity index (χ3v) is 5.74. The van der Waals surface area contributed by atoms with Crippen LogP contribution in [0.15, 0.2) is 61.1 Å². The van der Waals surface area contributed by atoms with Gasteiger partial charge in [-0.15, -0.1) is 0 Å². The molecule has 1 saturated heterocycles. The van der Waals surface area contributed by atoms with Crippen molar-refractivity contribution in [1.29, 1.82) is 0 Å². The van der Waals surface area contributed by atoms with Crippen LogP contribution in [0.3, 0.4) is 0 Å². The highest BCUT2D eigenvalue weighted by atomic mass is 16.2. The van der Waals surface area contributed by atoms with Crippen molar-refractivity contribution in [2.75, 3.05) is 13.1 Å². The second-order valence-electron chi connectivity index (χ2n) is 7.66. The quantitative estimate of drug-likeness (QED) is 0.690. The Balaban J connectivity index is 1.40. The van der Waals surface area contributed by atoms with E-state index in [0.717, 1.165) is 48.3 Å². The molecule has 0 N–H and O–H groups in total. The third-order valence-electron chi connectivity index (χ3n) is 5.74. The SMILES string of the molecule is O=C([C@H](c1cccnc1)N1CCCC1)N1Cc2cnc(-c3ccccc3)nc2C1. The molecule has 3 aromatic rings. The fourth-order valence-electron chi connectivity index (χ4n) is 4.26. The molecule has 1 amide bonds. The third kappa shape index (κ3) is 3.51. The summed E-state index contributed by atoms with van der Waals surface area (Å²) in [6.07, 6.45) is 7.71. The minimum absolute atomic E-state index is 0.124. The van der Waals surface area contributed by atoms with Crippen molar-refractivity contribution >= 4 is 5.91 Å². The number of likely N-dealkylation sites (tertiary alicyclic amines) is 1. The molecule has 0 radical (unpaired) electrons. The lowest BCUT2D eigenvalue weighted by molar-refractivity contribution is -0.137. The highest BCUT2D eigenvalue weighted by molar-refractivity contribution is 5.83. The maximum Gasteiger partial charge on any atom is 0.245 e. The van der Waals surface area contributed by atoms with Crippen molar-refractivity contribution in [2.45, 2.75) is 32.0 Å². The molecule has 6 nitrogen and oxygen atoms in total. The Kier molecular flexibility index (Phi) is 4.77. The number of carbonyl (C=O) groups excluding carboxylic acids is 1. The number of benzene rings is 1. The minimum Gasteiger partial charge on any atom is -0.331 e. The molecule has 146 valence electrons. The van der Waals surface area contributed by atoms with Gasteiger partial charge in [0.05, 0.1) is 12.2 Å². The first kappa shape index (κ1) is 17.9. The number of nitrogens with zero attached hydrogens (tertiary/aromatic N) is 5. The van der Waals surface area contributed by atoms with E-state index in [-0.39, 0.29) is 11.9 Å². The van der Waals surface area contributed by atoms with Gasteiger partial charge in [-0.3, -0.25) is 14.7 Å². The van der Waals surface area contributed by atoms with Crippen molar-refractivity contribution in [3.05, 3.63) is 77.9 Å². The molecule has 1 aromatic carbocycles. The van der Waals surface area contributed by atoms with Crippen molar-refractivity contribution in [1.82, 2.24) is 24.8 Å².